The second kappa shape index (κ2) is 9.43. The van der Waals surface area contributed by atoms with Gasteiger partial charge in [0.2, 0.25) is 0 Å². The molecule has 3 aromatic heterocycles. The average Bonchev–Trinajstić information content (AvgIpc) is 3.64. The fraction of sp³-hybridized carbons (Fsp3) is 0.207. The van der Waals surface area contributed by atoms with Crippen LogP contribution in [-0.4, -0.2) is 20.3 Å². The molecular weight excluding hydrogens is 546 g/mol. The second-order valence-corrected chi connectivity index (χ2v) is 11.3. The molecule has 186 valence electrons. The molecule has 0 bridgehead atoms. The van der Waals surface area contributed by atoms with E-state index in [1.54, 1.807) is 23.5 Å². The monoisotopic (exact) mass is 571 g/mol. The number of nitrogens with one attached hydrogen (secondary N) is 1. The zero-order valence-electron chi connectivity index (χ0n) is 20.4. The van der Waals surface area contributed by atoms with Crippen LogP contribution in [0.5, 0.6) is 0 Å². The number of nitrogens with two attached hydrogens (primary N) is 1. The van der Waals surface area contributed by atoms with Crippen LogP contribution in [0.15, 0.2) is 76.7 Å². The molecule has 1 amide bonds. The summed E-state index contributed by atoms with van der Waals surface area (Å²) < 4.78 is 3.10. The molecule has 2 aromatic carbocycles. The second-order valence-electron chi connectivity index (χ2n) is 9.57. The summed E-state index contributed by atoms with van der Waals surface area (Å²) in [6.45, 7) is 2.04. The number of nitrogens with zero attached hydrogens (tertiary/aromatic N) is 3. The molecule has 5 aromatic rings. The number of nitrogen functional groups attached to an aromatic ring is 1. The van der Waals surface area contributed by atoms with Crippen LogP contribution in [0, 0.1) is 6.92 Å². The first kappa shape index (κ1) is 23.9. The van der Waals surface area contributed by atoms with Gasteiger partial charge in [-0.3, -0.25) is 9.20 Å². The number of fused-ring (bicyclic) bond motifs is 1. The fourth-order valence-electron chi connectivity index (χ4n) is 5.40. The number of carbonyl (C=O) groups is 1. The minimum atomic E-state index is -0.171. The Morgan fingerprint density at radius 1 is 1.05 bits per heavy atom. The molecule has 0 aliphatic heterocycles. The zero-order chi connectivity index (χ0) is 25.6. The summed E-state index contributed by atoms with van der Waals surface area (Å²) in [5.41, 5.74) is 12.7. The molecule has 3 N–H and O–H groups in total. The first-order valence-corrected chi connectivity index (χ1v) is 14.0. The summed E-state index contributed by atoms with van der Waals surface area (Å²) in [5.74, 6) is -0.171. The fourth-order valence-corrected chi connectivity index (χ4v) is 6.82. The third-order valence-corrected chi connectivity index (χ3v) is 8.79. The number of benzene rings is 2. The van der Waals surface area contributed by atoms with Crippen LogP contribution in [-0.2, 0) is 5.41 Å². The number of aromatic nitrogens is 3. The van der Waals surface area contributed by atoms with Gasteiger partial charge >= 0.3 is 0 Å². The minimum absolute atomic E-state index is 0.142. The van der Waals surface area contributed by atoms with E-state index in [1.807, 2.05) is 49.5 Å². The van der Waals surface area contributed by atoms with Crippen molar-refractivity contribution in [1.82, 2.24) is 14.4 Å². The normalized spacial score (nSPS) is 14.8. The van der Waals surface area contributed by atoms with Gasteiger partial charge < -0.3 is 11.1 Å². The number of imidazole rings is 1. The molecule has 0 spiro atoms. The molecule has 37 heavy (non-hydrogen) atoms. The lowest BCUT2D eigenvalue weighted by atomic mass is 9.79. The van der Waals surface area contributed by atoms with Gasteiger partial charge in [0.25, 0.3) is 5.91 Å². The molecule has 1 aliphatic carbocycles. The maximum Gasteiger partial charge on any atom is 0.255 e. The maximum absolute atomic E-state index is 12.9. The number of hydrogen-bond donors (Lipinski definition) is 2. The van der Waals surface area contributed by atoms with Crippen molar-refractivity contribution < 1.29 is 4.79 Å². The Kier molecular flexibility index (Phi) is 6.09. The number of thiazole rings is 1. The highest BCUT2D eigenvalue weighted by Gasteiger charge is 2.40. The van der Waals surface area contributed by atoms with Crippen molar-refractivity contribution in [3.05, 3.63) is 98.5 Å². The first-order chi connectivity index (χ1) is 17.9. The Bertz CT molecular complexity index is 1620. The van der Waals surface area contributed by atoms with Gasteiger partial charge in [-0.25, -0.2) is 9.97 Å². The minimum Gasteiger partial charge on any atom is -0.397 e. The molecule has 0 saturated heterocycles. The van der Waals surface area contributed by atoms with E-state index in [2.05, 4.69) is 43.2 Å². The molecule has 0 unspecified atom stereocenters. The molecule has 6 rings (SSSR count). The van der Waals surface area contributed by atoms with Crippen LogP contribution in [0.25, 0.3) is 17.0 Å². The number of pyridine rings is 1. The number of amides is 1. The van der Waals surface area contributed by atoms with Gasteiger partial charge in [0.05, 0.1) is 22.8 Å². The van der Waals surface area contributed by atoms with Crippen LogP contribution in [0.2, 0.25) is 0 Å². The quantitative estimate of drug-likeness (QED) is 0.218. The molecule has 0 radical (unpaired) electrons. The summed E-state index contributed by atoms with van der Waals surface area (Å²) in [6, 6.07) is 19.3. The maximum atomic E-state index is 12.9. The van der Waals surface area contributed by atoms with Crippen molar-refractivity contribution in [2.45, 2.75) is 38.0 Å². The van der Waals surface area contributed by atoms with E-state index in [0.717, 1.165) is 57.9 Å². The number of anilines is 2. The van der Waals surface area contributed by atoms with E-state index in [-0.39, 0.29) is 11.3 Å². The average molecular weight is 573 g/mol. The lowest BCUT2D eigenvalue weighted by molar-refractivity contribution is 0.102. The van der Waals surface area contributed by atoms with Crippen molar-refractivity contribution in [1.29, 1.82) is 0 Å². The summed E-state index contributed by atoms with van der Waals surface area (Å²) in [7, 11) is 0. The topological polar surface area (TPSA) is 85.3 Å². The number of para-hydroxylation sites is 2. The van der Waals surface area contributed by atoms with Gasteiger partial charge in [-0.2, -0.15) is 0 Å². The van der Waals surface area contributed by atoms with Crippen LogP contribution in [0.1, 0.15) is 52.3 Å². The van der Waals surface area contributed by atoms with E-state index >= 15 is 0 Å². The van der Waals surface area contributed by atoms with Crippen LogP contribution in [0.4, 0.5) is 11.4 Å². The van der Waals surface area contributed by atoms with Crippen molar-refractivity contribution >= 4 is 50.2 Å². The standard InChI is InChI=1S/C29H26BrN5OS/c1-18-26(35-16-21(30)12-13-25(35)32-18)24-17-37-28(34-24)29(14-4-5-15-29)20-10-8-19(9-11-20)27(36)33-23-7-3-2-6-22(23)31/h2-3,6-13,16-17H,4-5,14-15,31H2,1H3,(H,33,36). The third-order valence-electron chi connectivity index (χ3n) is 7.28. The molecule has 8 heteroatoms. The predicted octanol–water partition coefficient (Wildman–Crippen LogP) is 7.22. The summed E-state index contributed by atoms with van der Waals surface area (Å²) in [5, 5.41) is 6.19. The van der Waals surface area contributed by atoms with Crippen molar-refractivity contribution in [3.63, 3.8) is 0 Å². The third kappa shape index (κ3) is 4.24. The Morgan fingerprint density at radius 2 is 1.81 bits per heavy atom. The Balaban J connectivity index is 1.32. The molecule has 1 fully saturated rings. The van der Waals surface area contributed by atoms with Gasteiger partial charge in [-0.15, -0.1) is 11.3 Å². The van der Waals surface area contributed by atoms with Crippen LogP contribution < -0.4 is 11.1 Å². The highest BCUT2D eigenvalue weighted by molar-refractivity contribution is 9.10. The SMILES string of the molecule is Cc1nc2ccc(Br)cn2c1-c1csc(C2(c3ccc(C(=O)Nc4ccccc4N)cc3)CCCC2)n1. The number of rotatable bonds is 5. The Hall–Kier alpha value is -3.49. The smallest absolute Gasteiger partial charge is 0.255 e. The summed E-state index contributed by atoms with van der Waals surface area (Å²) >= 11 is 5.30. The summed E-state index contributed by atoms with van der Waals surface area (Å²) in [6.07, 6.45) is 6.45. The number of aryl methyl sites for hydroxylation is 1. The van der Waals surface area contributed by atoms with Crippen LogP contribution >= 0.6 is 27.3 Å². The Morgan fingerprint density at radius 3 is 2.57 bits per heavy atom. The molecule has 3 heterocycles. The molecule has 1 saturated carbocycles. The summed E-state index contributed by atoms with van der Waals surface area (Å²) in [4.78, 5) is 22.8. The first-order valence-electron chi connectivity index (χ1n) is 12.3. The largest absolute Gasteiger partial charge is 0.397 e. The predicted molar refractivity (Wildman–Crippen MR) is 153 cm³/mol. The molecular formula is C29H26BrN5OS. The van der Waals surface area contributed by atoms with Crippen molar-refractivity contribution in [3.8, 4) is 11.4 Å². The number of carbonyl (C=O) groups excluding carboxylic acids is 1. The highest BCUT2D eigenvalue weighted by atomic mass is 79.9. The van der Waals surface area contributed by atoms with E-state index in [9.17, 15) is 4.79 Å². The zero-order valence-corrected chi connectivity index (χ0v) is 22.8. The Labute approximate surface area is 227 Å². The number of halogens is 1. The van der Waals surface area contributed by atoms with Gasteiger partial charge in [0.15, 0.2) is 0 Å². The van der Waals surface area contributed by atoms with Gasteiger partial charge in [0, 0.05) is 27.0 Å². The van der Waals surface area contributed by atoms with Gasteiger partial charge in [-0.05, 0) is 77.7 Å². The molecule has 6 nitrogen and oxygen atoms in total. The van der Waals surface area contributed by atoms with E-state index in [4.69, 9.17) is 15.7 Å². The van der Waals surface area contributed by atoms with Crippen LogP contribution in [0.3, 0.4) is 0 Å². The van der Waals surface area contributed by atoms with Gasteiger partial charge in [-0.1, -0.05) is 37.1 Å². The lowest BCUT2D eigenvalue weighted by Gasteiger charge is -2.27. The molecule has 0 atom stereocenters. The van der Waals surface area contributed by atoms with E-state index < -0.39 is 0 Å². The highest BCUT2D eigenvalue weighted by Crippen LogP contribution is 2.48. The van der Waals surface area contributed by atoms with Crippen molar-refractivity contribution in [2.24, 2.45) is 0 Å². The van der Waals surface area contributed by atoms with Gasteiger partial charge in [0.1, 0.15) is 16.3 Å². The van der Waals surface area contributed by atoms with E-state index in [1.165, 1.54) is 5.56 Å². The lowest BCUT2D eigenvalue weighted by Crippen LogP contribution is -2.24. The van der Waals surface area contributed by atoms with E-state index in [0.29, 0.717) is 16.9 Å². The van der Waals surface area contributed by atoms with Crippen molar-refractivity contribution in [2.75, 3.05) is 11.1 Å². The number of hydrogen-bond acceptors (Lipinski definition) is 5. The molecule has 1 aliphatic rings.